The van der Waals surface area contributed by atoms with Gasteiger partial charge in [-0.2, -0.15) is 0 Å². The third-order valence-corrected chi connectivity index (χ3v) is 3.81. The Balaban J connectivity index is 1.83. The van der Waals surface area contributed by atoms with E-state index in [-0.39, 0.29) is 11.4 Å². The van der Waals surface area contributed by atoms with Gasteiger partial charge < -0.3 is 9.40 Å². The molecule has 2 aromatic heterocycles. The zero-order chi connectivity index (χ0) is 15.7. The highest BCUT2D eigenvalue weighted by atomic mass is 19.1. The largest absolute Gasteiger partial charge is 0.441 e. The summed E-state index contributed by atoms with van der Waals surface area (Å²) in [5.74, 6) is 0.175. The van der Waals surface area contributed by atoms with E-state index in [1.165, 1.54) is 12.1 Å². The van der Waals surface area contributed by atoms with Gasteiger partial charge in [0.2, 0.25) is 0 Å². The Morgan fingerprint density at radius 3 is 2.82 bits per heavy atom. The molecule has 0 bridgehead atoms. The van der Waals surface area contributed by atoms with Crippen molar-refractivity contribution in [1.82, 2.24) is 9.97 Å². The Morgan fingerprint density at radius 1 is 1.23 bits per heavy atom. The van der Waals surface area contributed by atoms with Crippen molar-refractivity contribution in [3.05, 3.63) is 63.1 Å². The van der Waals surface area contributed by atoms with Crippen LogP contribution in [0.1, 0.15) is 29.6 Å². The van der Waals surface area contributed by atoms with Crippen LogP contribution in [0.5, 0.6) is 0 Å². The number of hydrogen-bond acceptors (Lipinski definition) is 3. The van der Waals surface area contributed by atoms with Gasteiger partial charge in [-0.25, -0.2) is 9.37 Å². The van der Waals surface area contributed by atoms with Crippen molar-refractivity contribution < 1.29 is 8.81 Å². The van der Waals surface area contributed by atoms with E-state index in [1.54, 1.807) is 6.07 Å². The van der Waals surface area contributed by atoms with E-state index in [1.807, 2.05) is 13.0 Å². The lowest BCUT2D eigenvalue weighted by Gasteiger charge is -2.05. The predicted octanol–water partition coefficient (Wildman–Crippen LogP) is 3.31. The SMILES string of the molecule is CCc1cc(CCc2nc3cc(F)ccc3o2)c(=O)[nH]c1C. The zero-order valence-electron chi connectivity index (χ0n) is 12.6. The number of oxazole rings is 1. The Bertz CT molecular complexity index is 880. The van der Waals surface area contributed by atoms with Gasteiger partial charge in [0.25, 0.3) is 5.56 Å². The first-order valence-electron chi connectivity index (χ1n) is 7.33. The number of halogens is 1. The van der Waals surface area contributed by atoms with Crippen molar-refractivity contribution in [3.63, 3.8) is 0 Å². The third-order valence-electron chi connectivity index (χ3n) is 3.81. The fourth-order valence-electron chi connectivity index (χ4n) is 2.56. The second kappa shape index (κ2) is 5.75. The summed E-state index contributed by atoms with van der Waals surface area (Å²) in [6.45, 7) is 3.96. The molecule has 5 heteroatoms. The van der Waals surface area contributed by atoms with Gasteiger partial charge in [0, 0.05) is 23.7 Å². The zero-order valence-corrected chi connectivity index (χ0v) is 12.6. The molecule has 0 spiro atoms. The fraction of sp³-hybridized carbons (Fsp3) is 0.294. The smallest absolute Gasteiger partial charge is 0.251 e. The number of aromatic amines is 1. The van der Waals surface area contributed by atoms with Crippen LogP contribution in [0.4, 0.5) is 4.39 Å². The molecule has 0 radical (unpaired) electrons. The van der Waals surface area contributed by atoms with E-state index in [0.717, 1.165) is 23.2 Å². The van der Waals surface area contributed by atoms with Crippen LogP contribution in [0.15, 0.2) is 33.5 Å². The van der Waals surface area contributed by atoms with Gasteiger partial charge in [-0.3, -0.25) is 4.79 Å². The molecule has 0 unspecified atom stereocenters. The summed E-state index contributed by atoms with van der Waals surface area (Å²) in [6.07, 6.45) is 1.92. The normalized spacial score (nSPS) is 11.2. The standard InChI is InChI=1S/C17H17FN2O2/c1-3-11-8-12(17(21)19-10(11)2)4-7-16-20-14-9-13(18)5-6-15(14)22-16/h5-6,8-9H,3-4,7H2,1-2H3,(H,19,21). The molecule has 1 N–H and O–H groups in total. The third kappa shape index (κ3) is 2.79. The van der Waals surface area contributed by atoms with E-state index >= 15 is 0 Å². The Kier molecular flexibility index (Phi) is 3.79. The molecule has 22 heavy (non-hydrogen) atoms. The van der Waals surface area contributed by atoms with Crippen LogP contribution in [0, 0.1) is 12.7 Å². The quantitative estimate of drug-likeness (QED) is 0.804. The maximum absolute atomic E-state index is 13.1. The molecule has 0 aliphatic carbocycles. The number of pyridine rings is 1. The Hall–Kier alpha value is -2.43. The maximum Gasteiger partial charge on any atom is 0.251 e. The number of aryl methyl sites for hydroxylation is 4. The summed E-state index contributed by atoms with van der Waals surface area (Å²) in [7, 11) is 0. The van der Waals surface area contributed by atoms with Crippen LogP contribution in [0.3, 0.4) is 0 Å². The van der Waals surface area contributed by atoms with Crippen LogP contribution in [0.2, 0.25) is 0 Å². The number of nitrogens with one attached hydrogen (secondary N) is 1. The predicted molar refractivity (Wildman–Crippen MR) is 82.6 cm³/mol. The summed E-state index contributed by atoms with van der Waals surface area (Å²) >= 11 is 0. The van der Waals surface area contributed by atoms with Gasteiger partial charge in [-0.05, 0) is 43.5 Å². The van der Waals surface area contributed by atoms with Gasteiger partial charge in [-0.1, -0.05) is 6.92 Å². The lowest BCUT2D eigenvalue weighted by atomic mass is 10.1. The van der Waals surface area contributed by atoms with Crippen molar-refractivity contribution in [2.45, 2.75) is 33.1 Å². The summed E-state index contributed by atoms with van der Waals surface area (Å²) in [5, 5.41) is 0. The number of benzene rings is 1. The van der Waals surface area contributed by atoms with Crippen LogP contribution in [0.25, 0.3) is 11.1 Å². The number of rotatable bonds is 4. The molecule has 3 aromatic rings. The average molecular weight is 300 g/mol. The highest BCUT2D eigenvalue weighted by Gasteiger charge is 2.09. The second-order valence-corrected chi connectivity index (χ2v) is 5.35. The van der Waals surface area contributed by atoms with Gasteiger partial charge in [0.15, 0.2) is 11.5 Å². The van der Waals surface area contributed by atoms with Gasteiger partial charge in [-0.15, -0.1) is 0 Å². The summed E-state index contributed by atoms with van der Waals surface area (Å²) in [5.41, 5.74) is 3.75. The Morgan fingerprint density at radius 2 is 2.05 bits per heavy atom. The van der Waals surface area contributed by atoms with Crippen molar-refractivity contribution in [1.29, 1.82) is 0 Å². The number of hydrogen-bond donors (Lipinski definition) is 1. The topological polar surface area (TPSA) is 58.9 Å². The van der Waals surface area contributed by atoms with E-state index in [4.69, 9.17) is 4.42 Å². The molecule has 0 amide bonds. The van der Waals surface area contributed by atoms with E-state index < -0.39 is 0 Å². The molecule has 114 valence electrons. The summed E-state index contributed by atoms with van der Waals surface area (Å²) in [6, 6.07) is 6.19. The van der Waals surface area contributed by atoms with Crippen molar-refractivity contribution >= 4 is 11.1 Å². The molecular formula is C17H17FN2O2. The van der Waals surface area contributed by atoms with E-state index in [2.05, 4.69) is 16.9 Å². The number of H-pyrrole nitrogens is 1. The molecule has 0 saturated heterocycles. The van der Waals surface area contributed by atoms with E-state index in [0.29, 0.717) is 29.8 Å². The van der Waals surface area contributed by atoms with Crippen LogP contribution in [-0.2, 0) is 19.3 Å². The van der Waals surface area contributed by atoms with Gasteiger partial charge in [0.1, 0.15) is 11.3 Å². The lowest BCUT2D eigenvalue weighted by Crippen LogP contribution is -2.16. The van der Waals surface area contributed by atoms with Crippen LogP contribution < -0.4 is 5.56 Å². The molecule has 0 aliphatic heterocycles. The minimum absolute atomic E-state index is 0.0724. The molecule has 3 rings (SSSR count). The number of fused-ring (bicyclic) bond motifs is 1. The molecule has 1 aromatic carbocycles. The average Bonchev–Trinajstić information content (AvgIpc) is 2.88. The first-order chi connectivity index (χ1) is 10.6. The molecule has 0 saturated carbocycles. The lowest BCUT2D eigenvalue weighted by molar-refractivity contribution is 0.527. The van der Waals surface area contributed by atoms with E-state index in [9.17, 15) is 9.18 Å². The first kappa shape index (κ1) is 14.5. The van der Waals surface area contributed by atoms with Gasteiger partial charge >= 0.3 is 0 Å². The Labute approximate surface area is 127 Å². The minimum atomic E-state index is -0.338. The van der Waals surface area contributed by atoms with Crippen molar-refractivity contribution in [3.8, 4) is 0 Å². The summed E-state index contributed by atoms with van der Waals surface area (Å²) in [4.78, 5) is 19.1. The fourth-order valence-corrected chi connectivity index (χ4v) is 2.56. The van der Waals surface area contributed by atoms with Crippen molar-refractivity contribution in [2.24, 2.45) is 0 Å². The van der Waals surface area contributed by atoms with Crippen molar-refractivity contribution in [2.75, 3.05) is 0 Å². The molecule has 0 fully saturated rings. The maximum atomic E-state index is 13.1. The van der Waals surface area contributed by atoms with Crippen LogP contribution >= 0.6 is 0 Å². The highest BCUT2D eigenvalue weighted by Crippen LogP contribution is 2.17. The van der Waals surface area contributed by atoms with Crippen LogP contribution in [-0.4, -0.2) is 9.97 Å². The number of aromatic nitrogens is 2. The molecule has 0 aliphatic rings. The molecule has 0 atom stereocenters. The minimum Gasteiger partial charge on any atom is -0.441 e. The number of nitrogens with zero attached hydrogens (tertiary/aromatic N) is 1. The molecule has 4 nitrogen and oxygen atoms in total. The summed E-state index contributed by atoms with van der Waals surface area (Å²) < 4.78 is 18.7. The first-order valence-corrected chi connectivity index (χ1v) is 7.33. The monoisotopic (exact) mass is 300 g/mol. The second-order valence-electron chi connectivity index (χ2n) is 5.35. The molecule has 2 heterocycles. The molecular weight excluding hydrogens is 283 g/mol. The van der Waals surface area contributed by atoms with Gasteiger partial charge in [0.05, 0.1) is 0 Å². The highest BCUT2D eigenvalue weighted by molar-refractivity contribution is 5.72.